The minimum Gasteiger partial charge on any atom is -0.371 e. The van der Waals surface area contributed by atoms with E-state index in [0.29, 0.717) is 50.2 Å². The molecule has 2 heterocycles. The Labute approximate surface area is 171 Å². The van der Waals surface area contributed by atoms with E-state index in [1.54, 1.807) is 23.2 Å². The molecule has 8 heteroatoms. The summed E-state index contributed by atoms with van der Waals surface area (Å²) >= 11 is 0. The van der Waals surface area contributed by atoms with Crippen molar-refractivity contribution in [1.82, 2.24) is 9.80 Å². The number of allylic oxidation sites excluding steroid dienone is 1. The number of likely N-dealkylation sites (tertiary alicyclic amines) is 1. The van der Waals surface area contributed by atoms with Crippen molar-refractivity contribution in [1.29, 1.82) is 0 Å². The van der Waals surface area contributed by atoms with E-state index in [9.17, 15) is 26.3 Å². The van der Waals surface area contributed by atoms with Gasteiger partial charge in [-0.25, -0.2) is 13.2 Å². The average molecular weight is 430 g/mol. The van der Waals surface area contributed by atoms with Crippen LogP contribution in [0.3, 0.4) is 0 Å². The van der Waals surface area contributed by atoms with Crippen LogP contribution in [0, 0.1) is 5.92 Å². The molecule has 3 aliphatic rings. The van der Waals surface area contributed by atoms with Crippen molar-refractivity contribution in [3.05, 3.63) is 59.2 Å². The quantitative estimate of drug-likeness (QED) is 0.534. The summed E-state index contributed by atoms with van der Waals surface area (Å²) in [7, 11) is 0. The van der Waals surface area contributed by atoms with Gasteiger partial charge in [-0.1, -0.05) is 18.2 Å². The number of rotatable bonds is 5. The first-order valence-corrected chi connectivity index (χ1v) is 10.2. The normalized spacial score (nSPS) is 24.5. The number of halogens is 6. The second-order valence-electron chi connectivity index (χ2n) is 8.37. The first-order valence-electron chi connectivity index (χ1n) is 10.2. The number of piperidine rings is 1. The zero-order valence-corrected chi connectivity index (χ0v) is 16.4. The van der Waals surface area contributed by atoms with Crippen LogP contribution in [0.2, 0.25) is 0 Å². The van der Waals surface area contributed by atoms with E-state index < -0.39 is 23.6 Å². The Morgan fingerprint density at radius 1 is 1.07 bits per heavy atom. The summed E-state index contributed by atoms with van der Waals surface area (Å²) < 4.78 is 80.5. The number of hydrogen-bond donors (Lipinski definition) is 0. The summed E-state index contributed by atoms with van der Waals surface area (Å²) in [6.07, 6.45) is 0.265. The fourth-order valence-corrected chi connectivity index (χ4v) is 4.46. The highest BCUT2D eigenvalue weighted by atomic mass is 19.4. The zero-order chi connectivity index (χ0) is 21.5. The molecule has 0 spiro atoms. The fraction of sp³-hybridized carbons (Fsp3) is 0.545. The van der Waals surface area contributed by atoms with Crippen molar-refractivity contribution in [2.45, 2.75) is 43.7 Å². The Balaban J connectivity index is 1.34. The standard InChI is InChI=1S/C22H24F6N2/c23-19-14-29(9-7-16-13-21(16,24)25)10-8-20(19)30-11-5-15(6-12-30)17-3-1-2-4-18(17)22(26,27)28/h1-4,8,10,15-16H,5-7,9,11-14H2. The largest absolute Gasteiger partial charge is 0.416 e. The Bertz CT molecular complexity index is 836. The van der Waals surface area contributed by atoms with Crippen molar-refractivity contribution >= 4 is 0 Å². The number of benzene rings is 1. The van der Waals surface area contributed by atoms with Crippen LogP contribution in [-0.4, -0.2) is 41.9 Å². The van der Waals surface area contributed by atoms with Crippen LogP contribution in [0.25, 0.3) is 0 Å². The molecule has 1 saturated heterocycles. The molecule has 2 aliphatic heterocycles. The van der Waals surface area contributed by atoms with Crippen molar-refractivity contribution in [2.75, 3.05) is 26.2 Å². The second-order valence-corrected chi connectivity index (χ2v) is 8.37. The third-order valence-corrected chi connectivity index (χ3v) is 6.33. The van der Waals surface area contributed by atoms with Gasteiger partial charge in [-0.3, -0.25) is 0 Å². The van der Waals surface area contributed by atoms with Crippen molar-refractivity contribution in [3.8, 4) is 0 Å². The smallest absolute Gasteiger partial charge is 0.371 e. The summed E-state index contributed by atoms with van der Waals surface area (Å²) in [5.41, 5.74) is 0.162. The molecule has 1 aliphatic carbocycles. The van der Waals surface area contributed by atoms with Gasteiger partial charge in [0.1, 0.15) is 5.83 Å². The van der Waals surface area contributed by atoms with Gasteiger partial charge in [-0.15, -0.1) is 0 Å². The maximum absolute atomic E-state index is 14.7. The van der Waals surface area contributed by atoms with Gasteiger partial charge in [-0.05, 0) is 42.9 Å². The molecular formula is C22H24F6N2. The molecule has 0 radical (unpaired) electrons. The Hall–Kier alpha value is -2.12. The Morgan fingerprint density at radius 2 is 1.73 bits per heavy atom. The topological polar surface area (TPSA) is 6.48 Å². The number of hydrogen-bond acceptors (Lipinski definition) is 2. The first-order chi connectivity index (χ1) is 14.1. The molecule has 4 rings (SSSR count). The maximum atomic E-state index is 14.7. The predicted molar refractivity (Wildman–Crippen MR) is 102 cm³/mol. The van der Waals surface area contributed by atoms with Crippen LogP contribution < -0.4 is 0 Å². The van der Waals surface area contributed by atoms with Crippen LogP contribution >= 0.6 is 0 Å². The molecule has 1 aromatic carbocycles. The lowest BCUT2D eigenvalue weighted by molar-refractivity contribution is -0.138. The minimum absolute atomic E-state index is 0.0426. The predicted octanol–water partition coefficient (Wildman–Crippen LogP) is 5.94. The van der Waals surface area contributed by atoms with Gasteiger partial charge < -0.3 is 9.80 Å². The monoisotopic (exact) mass is 430 g/mol. The lowest BCUT2D eigenvalue weighted by Gasteiger charge is -2.37. The van der Waals surface area contributed by atoms with Gasteiger partial charge in [0.2, 0.25) is 0 Å². The summed E-state index contributed by atoms with van der Waals surface area (Å²) in [6.45, 7) is 1.37. The second kappa shape index (κ2) is 7.85. The Morgan fingerprint density at radius 3 is 2.33 bits per heavy atom. The van der Waals surface area contributed by atoms with E-state index in [1.807, 2.05) is 4.90 Å². The van der Waals surface area contributed by atoms with Crippen molar-refractivity contribution in [3.63, 3.8) is 0 Å². The molecule has 0 amide bonds. The highest BCUT2D eigenvalue weighted by Gasteiger charge is 2.56. The van der Waals surface area contributed by atoms with Crippen LogP contribution in [-0.2, 0) is 6.18 Å². The van der Waals surface area contributed by atoms with Gasteiger partial charge in [-0.2, -0.15) is 13.2 Å². The summed E-state index contributed by atoms with van der Waals surface area (Å²) in [5, 5.41) is 0. The van der Waals surface area contributed by atoms with Gasteiger partial charge in [0, 0.05) is 38.2 Å². The lowest BCUT2D eigenvalue weighted by Crippen LogP contribution is -2.35. The van der Waals surface area contributed by atoms with Crippen LogP contribution in [0.15, 0.2) is 48.1 Å². The van der Waals surface area contributed by atoms with Crippen LogP contribution in [0.1, 0.15) is 42.7 Å². The fourth-order valence-electron chi connectivity index (χ4n) is 4.46. The maximum Gasteiger partial charge on any atom is 0.416 e. The molecule has 2 fully saturated rings. The summed E-state index contributed by atoms with van der Waals surface area (Å²) in [5.74, 6) is -3.70. The average Bonchev–Trinajstić information content (AvgIpc) is 3.32. The van der Waals surface area contributed by atoms with Gasteiger partial charge in [0.05, 0.1) is 17.8 Å². The Kier molecular flexibility index (Phi) is 5.53. The highest BCUT2D eigenvalue weighted by Crippen LogP contribution is 2.50. The van der Waals surface area contributed by atoms with Gasteiger partial charge >= 0.3 is 6.18 Å². The zero-order valence-electron chi connectivity index (χ0n) is 16.4. The molecular weight excluding hydrogens is 406 g/mol. The van der Waals surface area contributed by atoms with Crippen LogP contribution in [0.4, 0.5) is 26.3 Å². The van der Waals surface area contributed by atoms with Crippen molar-refractivity contribution in [2.24, 2.45) is 5.92 Å². The molecule has 0 N–H and O–H groups in total. The molecule has 1 atom stereocenters. The number of alkyl halides is 5. The van der Waals surface area contributed by atoms with E-state index in [-0.39, 0.29) is 24.7 Å². The molecule has 1 unspecified atom stereocenters. The van der Waals surface area contributed by atoms with E-state index >= 15 is 0 Å². The van der Waals surface area contributed by atoms with Crippen LogP contribution in [0.5, 0.6) is 0 Å². The molecule has 30 heavy (non-hydrogen) atoms. The molecule has 1 saturated carbocycles. The molecule has 2 nitrogen and oxygen atoms in total. The SMILES string of the molecule is FC1=C(N2CCC(c3ccccc3C(F)(F)F)CC2)C=CN(CCC2CC2(F)F)C1. The highest BCUT2D eigenvalue weighted by molar-refractivity contribution is 5.34. The lowest BCUT2D eigenvalue weighted by atomic mass is 9.86. The molecule has 1 aromatic rings. The number of nitrogens with zero attached hydrogens (tertiary/aromatic N) is 2. The molecule has 0 bridgehead atoms. The van der Waals surface area contributed by atoms with E-state index in [0.717, 1.165) is 6.07 Å². The molecule has 164 valence electrons. The summed E-state index contributed by atoms with van der Waals surface area (Å²) in [6, 6.07) is 5.66. The third-order valence-electron chi connectivity index (χ3n) is 6.33. The first kappa shape index (κ1) is 21.1. The third kappa shape index (κ3) is 4.47. The summed E-state index contributed by atoms with van der Waals surface area (Å²) in [4.78, 5) is 3.56. The van der Waals surface area contributed by atoms with E-state index in [1.165, 1.54) is 12.1 Å². The van der Waals surface area contributed by atoms with E-state index in [4.69, 9.17) is 0 Å². The van der Waals surface area contributed by atoms with Gasteiger partial charge in [0.15, 0.2) is 0 Å². The van der Waals surface area contributed by atoms with Crippen molar-refractivity contribution < 1.29 is 26.3 Å². The molecule has 0 aromatic heterocycles. The minimum atomic E-state index is -4.39. The van der Waals surface area contributed by atoms with Gasteiger partial charge in [0.25, 0.3) is 5.92 Å². The van der Waals surface area contributed by atoms with E-state index in [2.05, 4.69) is 0 Å².